The van der Waals surface area contributed by atoms with E-state index in [4.69, 9.17) is 9.73 Å². The summed E-state index contributed by atoms with van der Waals surface area (Å²) in [6, 6.07) is 4.52. The minimum Gasteiger partial charge on any atom is -0.378 e. The lowest BCUT2D eigenvalue weighted by Gasteiger charge is -2.37. The van der Waals surface area contributed by atoms with Gasteiger partial charge in [-0.05, 0) is 50.8 Å². The number of nitrogens with one attached hydrogen (secondary N) is 1. The van der Waals surface area contributed by atoms with Crippen LogP contribution < -0.4 is 5.32 Å². The van der Waals surface area contributed by atoms with Crippen LogP contribution in [0.25, 0.3) is 0 Å². The van der Waals surface area contributed by atoms with Crippen molar-refractivity contribution in [2.24, 2.45) is 4.99 Å². The summed E-state index contributed by atoms with van der Waals surface area (Å²) in [6.07, 6.45) is 0.959. The number of carbonyl (C=O) groups excluding carboxylic acids is 1. The Labute approximate surface area is 210 Å². The lowest BCUT2D eigenvalue weighted by atomic mass is 9.97. The molecule has 2 aliphatic rings. The Morgan fingerprint density at radius 2 is 1.62 bits per heavy atom. The molecule has 2 fully saturated rings. The first-order valence-corrected chi connectivity index (χ1v) is 11.7. The van der Waals surface area contributed by atoms with Gasteiger partial charge in [0.15, 0.2) is 5.96 Å². The zero-order valence-electron chi connectivity index (χ0n) is 20.2. The molecule has 0 spiro atoms. The third-order valence-corrected chi connectivity index (χ3v) is 6.19. The van der Waals surface area contributed by atoms with Crippen LogP contribution in [0.1, 0.15) is 29.2 Å². The van der Waals surface area contributed by atoms with Gasteiger partial charge in [0.05, 0.1) is 19.8 Å². The lowest BCUT2D eigenvalue weighted by molar-refractivity contribution is -0.136. The number of carbonyl (C=O) groups is 1. The predicted molar refractivity (Wildman–Crippen MR) is 141 cm³/mol. The number of morpholine rings is 1. The van der Waals surface area contributed by atoms with Crippen LogP contribution in [0.4, 0.5) is 0 Å². The molecule has 1 aromatic carbocycles. The van der Waals surface area contributed by atoms with Crippen LogP contribution in [0.15, 0.2) is 17.1 Å². The van der Waals surface area contributed by atoms with Crippen LogP contribution in [0, 0.1) is 20.8 Å². The van der Waals surface area contributed by atoms with Crippen LogP contribution in [0.5, 0.6) is 0 Å². The van der Waals surface area contributed by atoms with Crippen LogP contribution in [0.2, 0.25) is 0 Å². The number of amides is 1. The van der Waals surface area contributed by atoms with Gasteiger partial charge in [0, 0.05) is 52.4 Å². The van der Waals surface area contributed by atoms with E-state index in [2.05, 4.69) is 54.9 Å². The SMILES string of the molecule is CCNC(=NCCc1c(C)cc(C)cc1C)N1CCN(CC(=O)N2CCOCC2)CC1.I. The second-order valence-corrected chi connectivity index (χ2v) is 8.62. The van der Waals surface area contributed by atoms with Gasteiger partial charge >= 0.3 is 0 Å². The molecule has 1 aromatic rings. The average Bonchev–Trinajstić information content (AvgIpc) is 2.76. The van der Waals surface area contributed by atoms with Crippen molar-refractivity contribution in [1.82, 2.24) is 20.0 Å². The van der Waals surface area contributed by atoms with Crippen molar-refractivity contribution in [1.29, 1.82) is 0 Å². The van der Waals surface area contributed by atoms with Gasteiger partial charge < -0.3 is 19.9 Å². The van der Waals surface area contributed by atoms with Gasteiger partial charge in [0.25, 0.3) is 0 Å². The van der Waals surface area contributed by atoms with Crippen molar-refractivity contribution in [2.75, 3.05) is 72.1 Å². The fraction of sp³-hybridized carbons (Fsp3) is 0.667. The third kappa shape index (κ3) is 7.59. The summed E-state index contributed by atoms with van der Waals surface area (Å²) < 4.78 is 5.35. The Balaban J connectivity index is 0.00000363. The van der Waals surface area contributed by atoms with E-state index in [0.29, 0.717) is 19.8 Å². The molecule has 2 saturated heterocycles. The molecule has 32 heavy (non-hydrogen) atoms. The summed E-state index contributed by atoms with van der Waals surface area (Å²) in [6.45, 7) is 17.1. The predicted octanol–water partition coefficient (Wildman–Crippen LogP) is 2.21. The molecular formula is C24H40IN5O2. The molecule has 0 aliphatic carbocycles. The number of guanidine groups is 1. The molecule has 0 radical (unpaired) electrons. The van der Waals surface area contributed by atoms with E-state index in [9.17, 15) is 4.79 Å². The Morgan fingerprint density at radius 1 is 1.00 bits per heavy atom. The topological polar surface area (TPSA) is 60.4 Å². The van der Waals surface area contributed by atoms with Crippen LogP contribution in [0.3, 0.4) is 0 Å². The summed E-state index contributed by atoms with van der Waals surface area (Å²) in [7, 11) is 0. The van der Waals surface area contributed by atoms with E-state index in [1.165, 1.54) is 22.3 Å². The number of ether oxygens (including phenoxy) is 1. The number of piperazine rings is 1. The summed E-state index contributed by atoms with van der Waals surface area (Å²) in [5.74, 6) is 1.21. The van der Waals surface area contributed by atoms with E-state index < -0.39 is 0 Å². The molecule has 1 N–H and O–H groups in total. The number of hydrogen-bond donors (Lipinski definition) is 1. The Hall–Kier alpha value is -1.39. The van der Waals surface area contributed by atoms with E-state index in [1.807, 2.05) is 4.90 Å². The van der Waals surface area contributed by atoms with E-state index in [0.717, 1.165) is 64.7 Å². The molecular weight excluding hydrogens is 517 g/mol. The number of benzene rings is 1. The number of halogens is 1. The first-order chi connectivity index (χ1) is 15.0. The quantitative estimate of drug-likeness (QED) is 0.331. The van der Waals surface area contributed by atoms with Gasteiger partial charge in [-0.15, -0.1) is 24.0 Å². The van der Waals surface area contributed by atoms with Crippen molar-refractivity contribution in [3.63, 3.8) is 0 Å². The summed E-state index contributed by atoms with van der Waals surface area (Å²) >= 11 is 0. The first kappa shape index (κ1) is 26.9. The number of rotatable bonds is 6. The molecule has 2 aliphatic heterocycles. The Morgan fingerprint density at radius 3 is 2.22 bits per heavy atom. The molecule has 3 rings (SSSR count). The molecule has 7 nitrogen and oxygen atoms in total. The highest BCUT2D eigenvalue weighted by molar-refractivity contribution is 14.0. The van der Waals surface area contributed by atoms with Crippen LogP contribution in [-0.4, -0.2) is 98.7 Å². The maximum Gasteiger partial charge on any atom is 0.236 e. The molecule has 1 amide bonds. The zero-order chi connectivity index (χ0) is 22.2. The number of aliphatic imine (C=N–C) groups is 1. The zero-order valence-corrected chi connectivity index (χ0v) is 22.5. The molecule has 0 saturated carbocycles. The summed E-state index contributed by atoms with van der Waals surface area (Å²) in [5, 5.41) is 3.45. The highest BCUT2D eigenvalue weighted by atomic mass is 127. The highest BCUT2D eigenvalue weighted by Gasteiger charge is 2.24. The molecule has 0 aromatic heterocycles. The fourth-order valence-corrected chi connectivity index (χ4v) is 4.53. The molecule has 0 bridgehead atoms. The molecule has 180 valence electrons. The minimum atomic E-state index is 0. The monoisotopic (exact) mass is 557 g/mol. The Bertz CT molecular complexity index is 749. The molecule has 8 heteroatoms. The summed E-state index contributed by atoms with van der Waals surface area (Å²) in [4.78, 5) is 24.0. The molecule has 0 unspecified atom stereocenters. The van der Waals surface area contributed by atoms with Crippen LogP contribution in [-0.2, 0) is 16.0 Å². The fourth-order valence-electron chi connectivity index (χ4n) is 4.53. The average molecular weight is 558 g/mol. The second kappa shape index (κ2) is 13.3. The number of hydrogen-bond acceptors (Lipinski definition) is 4. The molecule has 2 heterocycles. The van der Waals surface area contributed by atoms with Crippen molar-refractivity contribution in [3.05, 3.63) is 34.4 Å². The highest BCUT2D eigenvalue weighted by Crippen LogP contribution is 2.17. The largest absolute Gasteiger partial charge is 0.378 e. The van der Waals surface area contributed by atoms with Gasteiger partial charge in [0.1, 0.15) is 0 Å². The van der Waals surface area contributed by atoms with Gasteiger partial charge in [-0.1, -0.05) is 17.7 Å². The van der Waals surface area contributed by atoms with Gasteiger partial charge in [-0.25, -0.2) is 0 Å². The van der Waals surface area contributed by atoms with Crippen molar-refractivity contribution < 1.29 is 9.53 Å². The number of nitrogens with zero attached hydrogens (tertiary/aromatic N) is 4. The maximum absolute atomic E-state index is 12.5. The van der Waals surface area contributed by atoms with Gasteiger partial charge in [-0.2, -0.15) is 0 Å². The lowest BCUT2D eigenvalue weighted by Crippen LogP contribution is -2.55. The van der Waals surface area contributed by atoms with Crippen LogP contribution >= 0.6 is 24.0 Å². The van der Waals surface area contributed by atoms with Crippen molar-refractivity contribution >= 4 is 35.8 Å². The van der Waals surface area contributed by atoms with Gasteiger partial charge in [0.2, 0.25) is 5.91 Å². The second-order valence-electron chi connectivity index (χ2n) is 8.62. The number of aryl methyl sites for hydroxylation is 3. The van der Waals surface area contributed by atoms with Gasteiger partial charge in [-0.3, -0.25) is 14.7 Å². The standard InChI is InChI=1S/C24H39N5O2.HI/c1-5-25-24(26-7-6-22-20(3)16-19(2)17-21(22)4)29-10-8-27(9-11-29)18-23(30)28-12-14-31-15-13-28;/h16-17H,5-15,18H2,1-4H3,(H,25,26);1H. The Kier molecular flexibility index (Phi) is 11.2. The van der Waals surface area contributed by atoms with E-state index in [1.54, 1.807) is 0 Å². The first-order valence-electron chi connectivity index (χ1n) is 11.7. The van der Waals surface area contributed by atoms with E-state index >= 15 is 0 Å². The van der Waals surface area contributed by atoms with Crippen molar-refractivity contribution in [2.45, 2.75) is 34.1 Å². The summed E-state index contributed by atoms with van der Waals surface area (Å²) in [5.41, 5.74) is 5.45. The normalized spacial score (nSPS) is 17.8. The smallest absolute Gasteiger partial charge is 0.236 e. The minimum absolute atomic E-state index is 0. The van der Waals surface area contributed by atoms with Crippen molar-refractivity contribution in [3.8, 4) is 0 Å². The molecule has 0 atom stereocenters. The van der Waals surface area contributed by atoms with E-state index in [-0.39, 0.29) is 29.9 Å². The maximum atomic E-state index is 12.5. The third-order valence-electron chi connectivity index (χ3n) is 6.19.